The zero-order chi connectivity index (χ0) is 17.7. The van der Waals surface area contributed by atoms with E-state index in [4.69, 9.17) is 4.74 Å². The molecule has 2 rings (SSSR count). The Hall–Kier alpha value is -2.55. The van der Waals surface area contributed by atoms with Gasteiger partial charge in [-0.3, -0.25) is 4.79 Å². The number of benzene rings is 1. The van der Waals surface area contributed by atoms with Gasteiger partial charge in [-0.2, -0.15) is 13.2 Å². The number of nitrogens with zero attached hydrogens (tertiary/aromatic N) is 2. The molecule has 9 heteroatoms. The van der Waals surface area contributed by atoms with Gasteiger partial charge < -0.3 is 19.7 Å². The number of rotatable bonds is 6. The van der Waals surface area contributed by atoms with E-state index in [-0.39, 0.29) is 24.7 Å². The predicted molar refractivity (Wildman–Crippen MR) is 78.5 cm³/mol. The van der Waals surface area contributed by atoms with Crippen LogP contribution in [0.5, 0.6) is 5.75 Å². The van der Waals surface area contributed by atoms with Gasteiger partial charge in [-0.05, 0) is 24.3 Å². The second-order valence-electron chi connectivity index (χ2n) is 5.06. The number of carbonyl (C=O) groups is 1. The third-order valence-electron chi connectivity index (χ3n) is 3.15. The second kappa shape index (κ2) is 7.35. The predicted octanol–water partition coefficient (Wildman–Crippen LogP) is 1.61. The van der Waals surface area contributed by atoms with Gasteiger partial charge in [0.25, 0.3) is 5.91 Å². The molecule has 1 aromatic carbocycles. The van der Waals surface area contributed by atoms with Crippen LogP contribution in [0.2, 0.25) is 0 Å². The molecule has 6 nitrogen and oxygen atoms in total. The minimum Gasteiger partial charge on any atom is -0.491 e. The lowest BCUT2D eigenvalue weighted by Crippen LogP contribution is -2.36. The van der Waals surface area contributed by atoms with Crippen LogP contribution in [0.25, 0.3) is 0 Å². The molecule has 0 fully saturated rings. The highest BCUT2D eigenvalue weighted by Crippen LogP contribution is 2.30. The molecule has 0 aliphatic carbocycles. The van der Waals surface area contributed by atoms with Crippen LogP contribution >= 0.6 is 0 Å². The number of alkyl halides is 3. The summed E-state index contributed by atoms with van der Waals surface area (Å²) in [6.07, 6.45) is -2.35. The zero-order valence-corrected chi connectivity index (χ0v) is 12.7. The topological polar surface area (TPSA) is 76.4 Å². The van der Waals surface area contributed by atoms with Crippen LogP contribution in [0, 0.1) is 0 Å². The third-order valence-corrected chi connectivity index (χ3v) is 3.15. The van der Waals surface area contributed by atoms with E-state index < -0.39 is 23.8 Å². The van der Waals surface area contributed by atoms with Crippen LogP contribution in [-0.2, 0) is 13.2 Å². The maximum Gasteiger partial charge on any atom is 0.416 e. The number of ether oxygens (including phenoxy) is 1. The minimum atomic E-state index is -4.41. The van der Waals surface area contributed by atoms with E-state index in [0.717, 1.165) is 12.1 Å². The zero-order valence-electron chi connectivity index (χ0n) is 12.7. The Morgan fingerprint density at radius 1 is 1.38 bits per heavy atom. The van der Waals surface area contributed by atoms with E-state index in [2.05, 4.69) is 10.3 Å². The molecule has 0 aliphatic heterocycles. The number of imidazole rings is 1. The van der Waals surface area contributed by atoms with E-state index in [1.54, 1.807) is 13.2 Å². The van der Waals surface area contributed by atoms with E-state index >= 15 is 0 Å². The monoisotopic (exact) mass is 343 g/mol. The quantitative estimate of drug-likeness (QED) is 0.835. The molecule has 0 aliphatic rings. The molecule has 1 amide bonds. The highest BCUT2D eigenvalue weighted by molar-refractivity contribution is 5.90. The largest absolute Gasteiger partial charge is 0.491 e. The molecule has 1 atom stereocenters. The minimum absolute atomic E-state index is 0.0771. The first-order valence-corrected chi connectivity index (χ1v) is 7.01. The maximum absolute atomic E-state index is 12.4. The lowest BCUT2D eigenvalue weighted by molar-refractivity contribution is -0.137. The van der Waals surface area contributed by atoms with Gasteiger partial charge in [0, 0.05) is 26.0 Å². The van der Waals surface area contributed by atoms with Crippen molar-refractivity contribution in [3.05, 3.63) is 48.0 Å². The van der Waals surface area contributed by atoms with Crippen molar-refractivity contribution in [3.8, 4) is 5.75 Å². The van der Waals surface area contributed by atoms with Gasteiger partial charge in [-0.1, -0.05) is 0 Å². The Morgan fingerprint density at radius 3 is 2.58 bits per heavy atom. The highest BCUT2D eigenvalue weighted by Gasteiger charge is 2.30. The average Bonchev–Trinajstić information content (AvgIpc) is 2.96. The van der Waals surface area contributed by atoms with Crippen LogP contribution in [0.1, 0.15) is 16.2 Å². The Morgan fingerprint density at radius 2 is 2.04 bits per heavy atom. The normalized spacial score (nSPS) is 12.7. The number of hydrogen-bond acceptors (Lipinski definition) is 4. The van der Waals surface area contributed by atoms with Crippen LogP contribution in [-0.4, -0.2) is 39.8 Å². The molecule has 0 spiro atoms. The number of carbonyl (C=O) groups excluding carboxylic acids is 1. The average molecular weight is 343 g/mol. The molecule has 2 aromatic rings. The number of aliphatic hydroxyl groups excluding tert-OH is 1. The summed E-state index contributed by atoms with van der Waals surface area (Å²) in [7, 11) is 1.66. The number of hydrogen-bond donors (Lipinski definition) is 2. The first-order valence-electron chi connectivity index (χ1n) is 7.01. The number of aryl methyl sites for hydroxylation is 1. The standard InChI is InChI=1S/C15H16F3N3O3/c1-21-7-6-19-13(21)14(23)20-8-11(22)9-24-12-4-2-10(3-5-12)15(16,17)18/h2-7,11,22H,8-9H2,1H3,(H,20,23). The van der Waals surface area contributed by atoms with Gasteiger partial charge in [0.2, 0.25) is 0 Å². The summed E-state index contributed by atoms with van der Waals surface area (Å²) in [6.45, 7) is -0.251. The summed E-state index contributed by atoms with van der Waals surface area (Å²) >= 11 is 0. The summed E-state index contributed by atoms with van der Waals surface area (Å²) in [4.78, 5) is 15.6. The van der Waals surface area contributed by atoms with Gasteiger partial charge >= 0.3 is 6.18 Å². The number of aliphatic hydroxyl groups is 1. The molecule has 1 aromatic heterocycles. The highest BCUT2D eigenvalue weighted by atomic mass is 19.4. The Balaban J connectivity index is 1.78. The lowest BCUT2D eigenvalue weighted by Gasteiger charge is -2.14. The Kier molecular flexibility index (Phi) is 5.45. The fourth-order valence-corrected chi connectivity index (χ4v) is 1.87. The molecule has 0 saturated carbocycles. The Labute approximate surface area is 135 Å². The molecule has 1 unspecified atom stereocenters. The van der Waals surface area contributed by atoms with Crippen molar-refractivity contribution in [2.24, 2.45) is 7.05 Å². The van der Waals surface area contributed by atoms with Crippen LogP contribution in [0.4, 0.5) is 13.2 Å². The molecular weight excluding hydrogens is 327 g/mol. The fourth-order valence-electron chi connectivity index (χ4n) is 1.87. The number of aromatic nitrogens is 2. The van der Waals surface area contributed by atoms with Gasteiger partial charge in [0.15, 0.2) is 5.82 Å². The number of halogens is 3. The van der Waals surface area contributed by atoms with E-state index in [1.807, 2.05) is 0 Å². The summed E-state index contributed by atoms with van der Waals surface area (Å²) < 4.78 is 44.0. The molecular formula is C15H16F3N3O3. The van der Waals surface area contributed by atoms with Crippen molar-refractivity contribution in [2.75, 3.05) is 13.2 Å². The van der Waals surface area contributed by atoms with Gasteiger partial charge in [0.05, 0.1) is 5.56 Å². The smallest absolute Gasteiger partial charge is 0.416 e. The van der Waals surface area contributed by atoms with Gasteiger partial charge in [0.1, 0.15) is 18.5 Å². The maximum atomic E-state index is 12.4. The first-order chi connectivity index (χ1) is 11.3. The van der Waals surface area contributed by atoms with E-state index in [9.17, 15) is 23.1 Å². The lowest BCUT2D eigenvalue weighted by atomic mass is 10.2. The Bertz CT molecular complexity index is 683. The van der Waals surface area contributed by atoms with Crippen molar-refractivity contribution in [3.63, 3.8) is 0 Å². The molecule has 24 heavy (non-hydrogen) atoms. The molecule has 0 radical (unpaired) electrons. The van der Waals surface area contributed by atoms with Crippen molar-refractivity contribution in [2.45, 2.75) is 12.3 Å². The second-order valence-corrected chi connectivity index (χ2v) is 5.06. The van der Waals surface area contributed by atoms with E-state index in [0.29, 0.717) is 0 Å². The summed E-state index contributed by atoms with van der Waals surface area (Å²) in [5.41, 5.74) is -0.780. The number of nitrogens with one attached hydrogen (secondary N) is 1. The van der Waals surface area contributed by atoms with Crippen LogP contribution < -0.4 is 10.1 Å². The molecule has 130 valence electrons. The molecule has 0 bridgehead atoms. The summed E-state index contributed by atoms with van der Waals surface area (Å²) in [5.74, 6) is -0.0561. The number of amides is 1. The molecule has 0 saturated heterocycles. The van der Waals surface area contributed by atoms with Crippen molar-refractivity contribution in [1.82, 2.24) is 14.9 Å². The summed E-state index contributed by atoms with van der Waals surface area (Å²) in [6, 6.07) is 4.12. The third kappa shape index (κ3) is 4.72. The SMILES string of the molecule is Cn1ccnc1C(=O)NCC(O)COc1ccc(C(F)(F)F)cc1. The van der Waals surface area contributed by atoms with Gasteiger partial charge in [-0.15, -0.1) is 0 Å². The van der Waals surface area contributed by atoms with Crippen molar-refractivity contribution < 1.29 is 27.8 Å². The van der Waals surface area contributed by atoms with Gasteiger partial charge in [-0.25, -0.2) is 4.98 Å². The molecule has 2 N–H and O–H groups in total. The van der Waals surface area contributed by atoms with Crippen LogP contribution in [0.3, 0.4) is 0 Å². The fraction of sp³-hybridized carbons (Fsp3) is 0.333. The van der Waals surface area contributed by atoms with Crippen molar-refractivity contribution in [1.29, 1.82) is 0 Å². The first kappa shape index (κ1) is 17.8. The van der Waals surface area contributed by atoms with E-state index in [1.165, 1.54) is 22.9 Å². The molecule has 1 heterocycles. The van der Waals surface area contributed by atoms with Crippen LogP contribution in [0.15, 0.2) is 36.7 Å². The van der Waals surface area contributed by atoms with Crippen molar-refractivity contribution >= 4 is 5.91 Å². The summed E-state index contributed by atoms with van der Waals surface area (Å²) in [5, 5.41) is 12.3.